The number of carboxylic acid groups (broad SMARTS) is 1. The summed E-state index contributed by atoms with van der Waals surface area (Å²) >= 11 is 0. The summed E-state index contributed by atoms with van der Waals surface area (Å²) in [5.74, 6) is -1.60. The van der Waals surface area contributed by atoms with Gasteiger partial charge in [-0.2, -0.15) is 0 Å². The highest BCUT2D eigenvalue weighted by molar-refractivity contribution is 5.70. The van der Waals surface area contributed by atoms with Crippen LogP contribution in [0.5, 0.6) is 0 Å². The summed E-state index contributed by atoms with van der Waals surface area (Å²) in [5, 5.41) is 10.4. The Kier molecular flexibility index (Phi) is 6.98. The average Bonchev–Trinajstić information content (AvgIpc) is 2.62. The number of carbonyl (C=O) groups excluding carboxylic acids is 1. The molecule has 126 valence electrons. The molecule has 0 saturated carbocycles. The standard InChI is InChI=1S/C19H21NO4/c21-15-20(24-14-17-9-5-2-6-10-17)13-18(19(22)23)12-11-16-7-3-1-4-8-16/h1-10,15,18H,11-14H2,(H,22,23)/t18-/m1/s1. The second-order valence-electron chi connectivity index (χ2n) is 5.52. The highest BCUT2D eigenvalue weighted by atomic mass is 16.7. The number of nitrogens with zero attached hydrogens (tertiary/aromatic N) is 1. The SMILES string of the molecule is O=CN(C[C@@H](CCc1ccccc1)C(=O)O)OCc1ccccc1. The maximum Gasteiger partial charge on any atom is 0.308 e. The van der Waals surface area contributed by atoms with E-state index in [1.807, 2.05) is 60.7 Å². The molecule has 0 aliphatic rings. The summed E-state index contributed by atoms with van der Waals surface area (Å²) < 4.78 is 0. The van der Waals surface area contributed by atoms with E-state index < -0.39 is 11.9 Å². The van der Waals surface area contributed by atoms with E-state index in [1.54, 1.807) is 0 Å². The van der Waals surface area contributed by atoms with Crippen molar-refractivity contribution in [2.45, 2.75) is 19.4 Å². The first-order valence-corrected chi connectivity index (χ1v) is 7.84. The van der Waals surface area contributed by atoms with Gasteiger partial charge in [0.2, 0.25) is 6.41 Å². The van der Waals surface area contributed by atoms with Crippen molar-refractivity contribution < 1.29 is 19.5 Å². The summed E-state index contributed by atoms with van der Waals surface area (Å²) in [4.78, 5) is 28.0. The fraction of sp³-hybridized carbons (Fsp3) is 0.263. The molecule has 0 aromatic heterocycles. The minimum Gasteiger partial charge on any atom is -0.481 e. The first-order valence-electron chi connectivity index (χ1n) is 7.84. The Balaban J connectivity index is 1.87. The van der Waals surface area contributed by atoms with Crippen molar-refractivity contribution in [2.24, 2.45) is 5.92 Å². The van der Waals surface area contributed by atoms with Gasteiger partial charge < -0.3 is 5.11 Å². The first kappa shape index (κ1) is 17.7. The van der Waals surface area contributed by atoms with Gasteiger partial charge in [-0.1, -0.05) is 60.7 Å². The Morgan fingerprint density at radius 1 is 1.04 bits per heavy atom. The van der Waals surface area contributed by atoms with E-state index in [9.17, 15) is 14.7 Å². The van der Waals surface area contributed by atoms with Crippen molar-refractivity contribution in [1.82, 2.24) is 5.06 Å². The van der Waals surface area contributed by atoms with E-state index in [-0.39, 0.29) is 13.2 Å². The van der Waals surface area contributed by atoms with Crippen molar-refractivity contribution in [1.29, 1.82) is 0 Å². The molecule has 24 heavy (non-hydrogen) atoms. The smallest absolute Gasteiger partial charge is 0.308 e. The van der Waals surface area contributed by atoms with Gasteiger partial charge in [0.15, 0.2) is 0 Å². The number of hydrogen-bond acceptors (Lipinski definition) is 3. The number of hydrogen-bond donors (Lipinski definition) is 1. The molecule has 1 atom stereocenters. The summed E-state index contributed by atoms with van der Waals surface area (Å²) in [6.45, 7) is 0.253. The van der Waals surface area contributed by atoms with Crippen molar-refractivity contribution in [3.8, 4) is 0 Å². The lowest BCUT2D eigenvalue weighted by molar-refractivity contribution is -0.184. The molecule has 5 heteroatoms. The molecule has 0 unspecified atom stereocenters. The number of aliphatic carboxylic acids is 1. The number of carboxylic acids is 1. The maximum atomic E-state index is 11.4. The number of aryl methyl sites for hydroxylation is 1. The third-order valence-corrected chi connectivity index (χ3v) is 3.73. The second-order valence-corrected chi connectivity index (χ2v) is 5.52. The van der Waals surface area contributed by atoms with E-state index >= 15 is 0 Å². The Labute approximate surface area is 141 Å². The molecular formula is C19H21NO4. The van der Waals surface area contributed by atoms with Gasteiger partial charge in [0, 0.05) is 0 Å². The fourth-order valence-electron chi connectivity index (χ4n) is 2.35. The Morgan fingerprint density at radius 3 is 2.17 bits per heavy atom. The Hall–Kier alpha value is -2.66. The van der Waals surface area contributed by atoms with Gasteiger partial charge in [0.1, 0.15) is 6.61 Å². The van der Waals surface area contributed by atoms with E-state index in [4.69, 9.17) is 4.84 Å². The van der Waals surface area contributed by atoms with Crippen LogP contribution in [0.15, 0.2) is 60.7 Å². The molecule has 1 amide bonds. The molecule has 0 heterocycles. The van der Waals surface area contributed by atoms with Gasteiger partial charge in [-0.05, 0) is 24.0 Å². The molecule has 0 aliphatic carbocycles. The van der Waals surface area contributed by atoms with Crippen LogP contribution in [-0.4, -0.2) is 29.1 Å². The van der Waals surface area contributed by atoms with Gasteiger partial charge >= 0.3 is 5.97 Å². The van der Waals surface area contributed by atoms with Gasteiger partial charge in [-0.15, -0.1) is 0 Å². The van der Waals surface area contributed by atoms with Gasteiger partial charge in [-0.3, -0.25) is 14.4 Å². The van der Waals surface area contributed by atoms with E-state index in [0.717, 1.165) is 16.2 Å². The Morgan fingerprint density at radius 2 is 1.62 bits per heavy atom. The molecule has 0 fully saturated rings. The summed E-state index contributed by atoms with van der Waals surface area (Å²) in [6.07, 6.45) is 1.61. The van der Waals surface area contributed by atoms with Crippen LogP contribution in [0, 0.1) is 5.92 Å². The highest BCUT2D eigenvalue weighted by Gasteiger charge is 2.21. The first-order chi connectivity index (χ1) is 11.7. The highest BCUT2D eigenvalue weighted by Crippen LogP contribution is 2.13. The Bertz CT molecular complexity index is 630. The van der Waals surface area contributed by atoms with Crippen LogP contribution in [0.1, 0.15) is 17.5 Å². The van der Waals surface area contributed by atoms with Gasteiger partial charge in [-0.25, -0.2) is 5.06 Å². The number of amides is 1. The van der Waals surface area contributed by atoms with Crippen LogP contribution < -0.4 is 0 Å². The molecule has 0 radical (unpaired) electrons. The van der Waals surface area contributed by atoms with Crippen LogP contribution in [-0.2, 0) is 27.5 Å². The van der Waals surface area contributed by atoms with Crippen LogP contribution in [0.2, 0.25) is 0 Å². The van der Waals surface area contributed by atoms with E-state index in [0.29, 0.717) is 19.3 Å². The quantitative estimate of drug-likeness (QED) is 0.538. The average molecular weight is 327 g/mol. The van der Waals surface area contributed by atoms with Crippen molar-refractivity contribution in [3.63, 3.8) is 0 Å². The number of benzene rings is 2. The zero-order valence-corrected chi connectivity index (χ0v) is 13.4. The van der Waals surface area contributed by atoms with Gasteiger partial charge in [0.05, 0.1) is 12.5 Å². The summed E-state index contributed by atoms with van der Waals surface area (Å²) in [6, 6.07) is 19.1. The molecule has 0 aliphatic heterocycles. The predicted octanol–water partition coefficient (Wildman–Crippen LogP) is 2.91. The zero-order chi connectivity index (χ0) is 17.2. The zero-order valence-electron chi connectivity index (χ0n) is 13.4. The second kappa shape index (κ2) is 9.47. The minimum atomic E-state index is -0.930. The van der Waals surface area contributed by atoms with Crippen LogP contribution in [0.25, 0.3) is 0 Å². The minimum absolute atomic E-state index is 0.0263. The third-order valence-electron chi connectivity index (χ3n) is 3.73. The molecule has 0 spiro atoms. The molecule has 2 aromatic carbocycles. The number of hydroxylamine groups is 2. The molecule has 2 aromatic rings. The maximum absolute atomic E-state index is 11.4. The number of carbonyl (C=O) groups is 2. The van der Waals surface area contributed by atoms with Crippen LogP contribution in [0.4, 0.5) is 0 Å². The fourth-order valence-corrected chi connectivity index (χ4v) is 2.35. The lowest BCUT2D eigenvalue weighted by atomic mass is 9.99. The lowest BCUT2D eigenvalue weighted by Gasteiger charge is -2.21. The molecule has 2 rings (SSSR count). The summed E-state index contributed by atoms with van der Waals surface area (Å²) in [5.41, 5.74) is 1.99. The molecule has 1 N–H and O–H groups in total. The van der Waals surface area contributed by atoms with Crippen LogP contribution >= 0.6 is 0 Å². The predicted molar refractivity (Wildman–Crippen MR) is 89.9 cm³/mol. The van der Waals surface area contributed by atoms with Gasteiger partial charge in [0.25, 0.3) is 0 Å². The van der Waals surface area contributed by atoms with Crippen molar-refractivity contribution >= 4 is 12.4 Å². The van der Waals surface area contributed by atoms with Crippen molar-refractivity contribution in [3.05, 3.63) is 71.8 Å². The van der Waals surface area contributed by atoms with Crippen LogP contribution in [0.3, 0.4) is 0 Å². The number of rotatable bonds is 10. The normalized spacial score (nSPS) is 11.7. The largest absolute Gasteiger partial charge is 0.481 e. The summed E-state index contributed by atoms with van der Waals surface area (Å²) in [7, 11) is 0. The van der Waals surface area contributed by atoms with E-state index in [1.165, 1.54) is 0 Å². The topological polar surface area (TPSA) is 66.8 Å². The molecule has 0 bridgehead atoms. The molecule has 0 saturated heterocycles. The monoisotopic (exact) mass is 327 g/mol. The third kappa shape index (κ3) is 5.85. The lowest BCUT2D eigenvalue weighted by Crippen LogP contribution is -2.32. The van der Waals surface area contributed by atoms with E-state index in [2.05, 4.69) is 0 Å². The molecular weight excluding hydrogens is 306 g/mol. The molecule has 5 nitrogen and oxygen atoms in total. The van der Waals surface area contributed by atoms with Crippen molar-refractivity contribution in [2.75, 3.05) is 6.54 Å².